The monoisotopic (exact) mass is 255 g/mol. The minimum Gasteiger partial charge on any atom is -0.299 e. The molecule has 1 aliphatic heterocycles. The molecule has 3 heteroatoms. The minimum atomic E-state index is 0.862. The van der Waals surface area contributed by atoms with Gasteiger partial charge in [0, 0.05) is 18.9 Å². The average Bonchev–Trinajstić information content (AvgIpc) is 2.93. The first kappa shape index (κ1) is 12.4. The first-order valence-corrected chi connectivity index (χ1v) is 7.18. The summed E-state index contributed by atoms with van der Waals surface area (Å²) in [6.45, 7) is 4.46. The smallest absolute Gasteiger partial charge is 0.0659 e. The maximum atomic E-state index is 4.26. The Morgan fingerprint density at radius 2 is 1.74 bits per heavy atom. The lowest BCUT2D eigenvalue weighted by Crippen LogP contribution is -2.29. The minimum absolute atomic E-state index is 0.862. The zero-order valence-electron chi connectivity index (χ0n) is 11.3. The number of hydrogen-bond acceptors (Lipinski definition) is 2. The van der Waals surface area contributed by atoms with Gasteiger partial charge in [-0.05, 0) is 43.1 Å². The first-order chi connectivity index (χ1) is 9.40. The van der Waals surface area contributed by atoms with Crippen molar-refractivity contribution >= 4 is 0 Å². The van der Waals surface area contributed by atoms with Crippen LogP contribution in [-0.4, -0.2) is 27.8 Å². The van der Waals surface area contributed by atoms with Gasteiger partial charge in [0.05, 0.1) is 6.54 Å². The molecule has 0 saturated carbocycles. The predicted octanol–water partition coefficient (Wildman–Crippen LogP) is 2.92. The van der Waals surface area contributed by atoms with Crippen molar-refractivity contribution in [3.05, 3.63) is 53.9 Å². The van der Waals surface area contributed by atoms with Gasteiger partial charge in [-0.15, -0.1) is 0 Å². The summed E-state index contributed by atoms with van der Waals surface area (Å²) in [6, 6.07) is 10.9. The van der Waals surface area contributed by atoms with E-state index in [9.17, 15) is 0 Å². The van der Waals surface area contributed by atoms with Crippen molar-refractivity contribution in [2.45, 2.75) is 32.4 Å². The summed E-state index contributed by atoms with van der Waals surface area (Å²) >= 11 is 0. The Morgan fingerprint density at radius 1 is 0.947 bits per heavy atom. The van der Waals surface area contributed by atoms with Crippen LogP contribution in [0.15, 0.2) is 42.7 Å². The fourth-order valence-corrected chi connectivity index (χ4v) is 2.78. The van der Waals surface area contributed by atoms with Crippen LogP contribution in [0.5, 0.6) is 0 Å². The van der Waals surface area contributed by atoms with Crippen LogP contribution >= 0.6 is 0 Å². The second kappa shape index (κ2) is 6.02. The second-order valence-electron chi connectivity index (χ2n) is 5.36. The molecule has 3 rings (SSSR count). The van der Waals surface area contributed by atoms with Crippen LogP contribution in [-0.2, 0) is 13.1 Å². The van der Waals surface area contributed by atoms with Gasteiger partial charge < -0.3 is 0 Å². The molecule has 1 saturated heterocycles. The Kier molecular flexibility index (Phi) is 3.94. The molecule has 1 aromatic heterocycles. The van der Waals surface area contributed by atoms with Crippen molar-refractivity contribution < 1.29 is 0 Å². The molecule has 0 aliphatic carbocycles. The van der Waals surface area contributed by atoms with E-state index in [0.717, 1.165) is 13.1 Å². The molecule has 0 atom stereocenters. The van der Waals surface area contributed by atoms with E-state index in [-0.39, 0.29) is 0 Å². The molecule has 1 fully saturated rings. The van der Waals surface area contributed by atoms with Gasteiger partial charge >= 0.3 is 0 Å². The van der Waals surface area contributed by atoms with Crippen LogP contribution in [0.4, 0.5) is 0 Å². The summed E-state index contributed by atoms with van der Waals surface area (Å²) in [5, 5.41) is 4.26. The number of hydrogen-bond donors (Lipinski definition) is 0. The van der Waals surface area contributed by atoms with E-state index in [4.69, 9.17) is 0 Å². The second-order valence-corrected chi connectivity index (χ2v) is 5.36. The number of benzene rings is 1. The third kappa shape index (κ3) is 3.44. The molecule has 1 aliphatic rings. The topological polar surface area (TPSA) is 21.1 Å². The molecule has 0 radical (unpaired) electrons. The van der Waals surface area contributed by atoms with E-state index >= 15 is 0 Å². The van der Waals surface area contributed by atoms with Crippen molar-refractivity contribution in [1.82, 2.24) is 14.7 Å². The third-order valence-electron chi connectivity index (χ3n) is 3.75. The Morgan fingerprint density at radius 3 is 2.47 bits per heavy atom. The lowest BCUT2D eigenvalue weighted by molar-refractivity contribution is 0.221. The van der Waals surface area contributed by atoms with Gasteiger partial charge in [-0.25, -0.2) is 0 Å². The van der Waals surface area contributed by atoms with Gasteiger partial charge in [-0.3, -0.25) is 9.58 Å². The highest BCUT2D eigenvalue weighted by Gasteiger charge is 2.10. The fourth-order valence-electron chi connectivity index (χ4n) is 2.78. The first-order valence-electron chi connectivity index (χ1n) is 7.18. The maximum Gasteiger partial charge on any atom is 0.0659 e. The van der Waals surface area contributed by atoms with E-state index in [1.165, 1.54) is 43.5 Å². The molecule has 0 spiro atoms. The van der Waals surface area contributed by atoms with E-state index in [0.29, 0.717) is 0 Å². The van der Waals surface area contributed by atoms with Crippen LogP contribution in [0, 0.1) is 0 Å². The summed E-state index contributed by atoms with van der Waals surface area (Å²) in [5.41, 5.74) is 2.75. The summed E-state index contributed by atoms with van der Waals surface area (Å²) in [6.07, 6.45) is 7.95. The van der Waals surface area contributed by atoms with Crippen molar-refractivity contribution in [2.24, 2.45) is 0 Å². The zero-order valence-corrected chi connectivity index (χ0v) is 11.3. The fraction of sp³-hybridized carbons (Fsp3) is 0.438. The quantitative estimate of drug-likeness (QED) is 0.837. The Labute approximate surface area is 114 Å². The Balaban J connectivity index is 1.65. The average molecular weight is 255 g/mol. The van der Waals surface area contributed by atoms with Crippen LogP contribution in [0.3, 0.4) is 0 Å². The highest BCUT2D eigenvalue weighted by Crippen LogP contribution is 2.14. The van der Waals surface area contributed by atoms with Crippen molar-refractivity contribution in [3.63, 3.8) is 0 Å². The number of rotatable bonds is 4. The van der Waals surface area contributed by atoms with Crippen LogP contribution < -0.4 is 0 Å². The SMILES string of the molecule is c1cc(CN2CCCCC2)cc(Cn2cccn2)c1. The molecule has 3 nitrogen and oxygen atoms in total. The highest BCUT2D eigenvalue weighted by atomic mass is 15.3. The molecule has 100 valence electrons. The number of piperidine rings is 1. The van der Waals surface area contributed by atoms with E-state index < -0.39 is 0 Å². The molecule has 0 bridgehead atoms. The van der Waals surface area contributed by atoms with Crippen molar-refractivity contribution in [1.29, 1.82) is 0 Å². The van der Waals surface area contributed by atoms with E-state index in [1.54, 1.807) is 0 Å². The molecule has 0 N–H and O–H groups in total. The van der Waals surface area contributed by atoms with E-state index in [2.05, 4.69) is 34.3 Å². The van der Waals surface area contributed by atoms with Crippen LogP contribution in [0.25, 0.3) is 0 Å². The summed E-state index contributed by atoms with van der Waals surface area (Å²) < 4.78 is 1.97. The van der Waals surface area contributed by atoms with E-state index in [1.807, 2.05) is 23.1 Å². The van der Waals surface area contributed by atoms with Crippen molar-refractivity contribution in [2.75, 3.05) is 13.1 Å². The molecule has 0 amide bonds. The highest BCUT2D eigenvalue weighted by molar-refractivity contribution is 5.23. The Bertz CT molecular complexity index is 498. The molecule has 2 aromatic rings. The van der Waals surface area contributed by atoms with Crippen LogP contribution in [0.2, 0.25) is 0 Å². The Hall–Kier alpha value is -1.61. The normalized spacial score (nSPS) is 16.6. The molecule has 19 heavy (non-hydrogen) atoms. The van der Waals surface area contributed by atoms with Crippen LogP contribution in [0.1, 0.15) is 30.4 Å². The lowest BCUT2D eigenvalue weighted by atomic mass is 10.1. The van der Waals surface area contributed by atoms with Gasteiger partial charge in [0.15, 0.2) is 0 Å². The van der Waals surface area contributed by atoms with Crippen molar-refractivity contribution in [3.8, 4) is 0 Å². The van der Waals surface area contributed by atoms with Gasteiger partial charge in [0.25, 0.3) is 0 Å². The third-order valence-corrected chi connectivity index (χ3v) is 3.75. The molecule has 0 unspecified atom stereocenters. The standard InChI is InChI=1S/C16H21N3/c1-2-9-18(10-3-1)13-15-6-4-7-16(12-15)14-19-11-5-8-17-19/h4-8,11-12H,1-3,9-10,13-14H2. The van der Waals surface area contributed by atoms with Gasteiger partial charge in [-0.2, -0.15) is 5.10 Å². The lowest BCUT2D eigenvalue weighted by Gasteiger charge is -2.26. The van der Waals surface area contributed by atoms with Gasteiger partial charge in [0.1, 0.15) is 0 Å². The summed E-state index contributed by atoms with van der Waals surface area (Å²) in [5.74, 6) is 0. The molecular formula is C16H21N3. The number of aromatic nitrogens is 2. The largest absolute Gasteiger partial charge is 0.299 e. The number of nitrogens with zero attached hydrogens (tertiary/aromatic N) is 3. The molecular weight excluding hydrogens is 234 g/mol. The molecule has 1 aromatic carbocycles. The summed E-state index contributed by atoms with van der Waals surface area (Å²) in [7, 11) is 0. The summed E-state index contributed by atoms with van der Waals surface area (Å²) in [4.78, 5) is 2.57. The zero-order chi connectivity index (χ0) is 12.9. The number of likely N-dealkylation sites (tertiary alicyclic amines) is 1. The van der Waals surface area contributed by atoms with Gasteiger partial charge in [0.2, 0.25) is 0 Å². The van der Waals surface area contributed by atoms with Gasteiger partial charge in [-0.1, -0.05) is 30.7 Å². The molecule has 2 heterocycles. The predicted molar refractivity (Wildman–Crippen MR) is 76.9 cm³/mol. The maximum absolute atomic E-state index is 4.26.